The second kappa shape index (κ2) is 9.17. The molecule has 1 aliphatic heterocycles. The van der Waals surface area contributed by atoms with E-state index in [1.54, 1.807) is 6.07 Å². The molecule has 1 aromatic heterocycles. The summed E-state index contributed by atoms with van der Waals surface area (Å²) in [6.45, 7) is 4.36. The van der Waals surface area contributed by atoms with Crippen LogP contribution in [0, 0.1) is 0 Å². The maximum absolute atomic E-state index is 12.6. The highest BCUT2D eigenvalue weighted by Crippen LogP contribution is 2.22. The molecule has 7 nitrogen and oxygen atoms in total. The van der Waals surface area contributed by atoms with Gasteiger partial charge >= 0.3 is 11.8 Å². The van der Waals surface area contributed by atoms with Crippen molar-refractivity contribution in [3.63, 3.8) is 0 Å². The van der Waals surface area contributed by atoms with Crippen molar-refractivity contribution < 1.29 is 9.21 Å². The average Bonchev–Trinajstić information content (AvgIpc) is 3.09. The number of carbonyl (C=O) groups excluding carboxylic acids is 1. The Hall–Kier alpha value is -3.06. The number of fused-ring (bicyclic) bond motifs is 1. The molecule has 3 aromatic rings. The maximum atomic E-state index is 12.6. The van der Waals surface area contributed by atoms with Gasteiger partial charge in [0, 0.05) is 44.5 Å². The predicted molar refractivity (Wildman–Crippen MR) is 118 cm³/mol. The summed E-state index contributed by atoms with van der Waals surface area (Å²) in [6, 6.07) is 15.4. The molecule has 0 saturated carbocycles. The molecular formula is C23H28N4O3. The van der Waals surface area contributed by atoms with Gasteiger partial charge in [0.15, 0.2) is 5.58 Å². The van der Waals surface area contributed by atoms with Crippen molar-refractivity contribution in [3.05, 3.63) is 64.6 Å². The molecule has 0 bridgehead atoms. The Labute approximate surface area is 175 Å². The van der Waals surface area contributed by atoms with Crippen molar-refractivity contribution >= 4 is 22.8 Å². The standard InChI is InChI=1S/C23H28N4O3/c1-25-13-15-26(16-14-25)19-10-11-20-21(17-19)30-23(29)27(20)22(28)24-12-6-5-9-18-7-3-2-4-8-18/h2-4,7-8,10-11,17H,5-6,9,12-16H2,1H3,(H,24,28). The molecule has 0 aliphatic carbocycles. The van der Waals surface area contributed by atoms with Gasteiger partial charge in [0.1, 0.15) is 5.52 Å². The quantitative estimate of drug-likeness (QED) is 0.635. The monoisotopic (exact) mass is 408 g/mol. The third-order valence-electron chi connectivity index (χ3n) is 5.65. The van der Waals surface area contributed by atoms with E-state index in [1.165, 1.54) is 5.56 Å². The number of aromatic nitrogens is 1. The summed E-state index contributed by atoms with van der Waals surface area (Å²) in [7, 11) is 2.11. The van der Waals surface area contributed by atoms with Gasteiger partial charge in [0.25, 0.3) is 0 Å². The van der Waals surface area contributed by atoms with E-state index >= 15 is 0 Å². The highest BCUT2D eigenvalue weighted by molar-refractivity contribution is 5.89. The Morgan fingerprint density at radius 1 is 1.03 bits per heavy atom. The van der Waals surface area contributed by atoms with Crippen molar-refractivity contribution in [2.24, 2.45) is 0 Å². The van der Waals surface area contributed by atoms with Crippen molar-refractivity contribution in [2.75, 3.05) is 44.7 Å². The maximum Gasteiger partial charge on any atom is 0.428 e. The number of piperazine rings is 1. The number of nitrogens with zero attached hydrogens (tertiary/aromatic N) is 3. The topological polar surface area (TPSA) is 70.7 Å². The number of unbranched alkanes of at least 4 members (excludes halogenated alkanes) is 1. The van der Waals surface area contributed by atoms with Crippen LogP contribution in [-0.2, 0) is 6.42 Å². The minimum absolute atomic E-state index is 0.439. The molecule has 1 N–H and O–H groups in total. The predicted octanol–water partition coefficient (Wildman–Crippen LogP) is 2.93. The largest absolute Gasteiger partial charge is 0.428 e. The van der Waals surface area contributed by atoms with Crippen LogP contribution in [0.3, 0.4) is 0 Å². The zero-order valence-electron chi connectivity index (χ0n) is 17.3. The molecule has 0 unspecified atom stereocenters. The molecule has 1 amide bonds. The first-order valence-electron chi connectivity index (χ1n) is 10.5. The summed E-state index contributed by atoms with van der Waals surface area (Å²) in [5.41, 5.74) is 3.24. The molecule has 0 radical (unpaired) electrons. The first-order chi connectivity index (χ1) is 14.6. The van der Waals surface area contributed by atoms with E-state index in [1.807, 2.05) is 30.3 Å². The lowest BCUT2D eigenvalue weighted by atomic mass is 10.1. The van der Waals surface area contributed by atoms with Gasteiger partial charge in [-0.05, 0) is 44.0 Å². The van der Waals surface area contributed by atoms with Gasteiger partial charge in [-0.25, -0.2) is 9.59 Å². The van der Waals surface area contributed by atoms with Crippen LogP contribution in [0.4, 0.5) is 10.5 Å². The lowest BCUT2D eigenvalue weighted by molar-refractivity contribution is 0.241. The summed E-state index contributed by atoms with van der Waals surface area (Å²) in [5, 5.41) is 2.84. The van der Waals surface area contributed by atoms with Crippen LogP contribution in [0.2, 0.25) is 0 Å². The second-order valence-electron chi connectivity index (χ2n) is 7.82. The Bertz CT molecular complexity index is 1050. The van der Waals surface area contributed by atoms with E-state index in [0.717, 1.165) is 55.7 Å². The van der Waals surface area contributed by atoms with E-state index in [9.17, 15) is 9.59 Å². The van der Waals surface area contributed by atoms with Crippen LogP contribution in [0.5, 0.6) is 0 Å². The fourth-order valence-electron chi connectivity index (χ4n) is 3.83. The number of aryl methyl sites for hydroxylation is 1. The number of hydrogen-bond acceptors (Lipinski definition) is 5. The number of hydrogen-bond donors (Lipinski definition) is 1. The number of oxazole rings is 1. The molecule has 1 aliphatic rings. The Morgan fingerprint density at radius 3 is 2.57 bits per heavy atom. The summed E-state index contributed by atoms with van der Waals surface area (Å²) in [4.78, 5) is 29.4. The highest BCUT2D eigenvalue weighted by Gasteiger charge is 2.19. The molecule has 158 valence electrons. The molecule has 2 aromatic carbocycles. The molecule has 2 heterocycles. The number of benzene rings is 2. The minimum Gasteiger partial charge on any atom is -0.407 e. The van der Waals surface area contributed by atoms with E-state index < -0.39 is 11.8 Å². The van der Waals surface area contributed by atoms with E-state index in [-0.39, 0.29) is 0 Å². The highest BCUT2D eigenvalue weighted by atomic mass is 16.4. The first kappa shape index (κ1) is 20.2. The van der Waals surface area contributed by atoms with Crippen molar-refractivity contribution in [2.45, 2.75) is 19.3 Å². The van der Waals surface area contributed by atoms with Gasteiger partial charge < -0.3 is 19.5 Å². The fraction of sp³-hybridized carbons (Fsp3) is 0.391. The normalized spacial score (nSPS) is 14.9. The van der Waals surface area contributed by atoms with Gasteiger partial charge in [0.05, 0.1) is 0 Å². The van der Waals surface area contributed by atoms with E-state index in [4.69, 9.17) is 4.42 Å². The van der Waals surface area contributed by atoms with Gasteiger partial charge in [0.2, 0.25) is 0 Å². The number of carbonyl (C=O) groups is 1. The summed E-state index contributed by atoms with van der Waals surface area (Å²) < 4.78 is 6.45. The Balaban J connectivity index is 1.36. The Morgan fingerprint density at radius 2 is 1.80 bits per heavy atom. The molecule has 1 saturated heterocycles. The van der Waals surface area contributed by atoms with Crippen LogP contribution in [0.1, 0.15) is 18.4 Å². The molecule has 0 spiro atoms. The molecule has 30 heavy (non-hydrogen) atoms. The summed E-state index contributed by atoms with van der Waals surface area (Å²) >= 11 is 0. The van der Waals surface area contributed by atoms with Crippen LogP contribution >= 0.6 is 0 Å². The SMILES string of the molecule is CN1CCN(c2ccc3c(c2)oc(=O)n3C(=O)NCCCCc2ccccc2)CC1. The van der Waals surface area contributed by atoms with Crippen molar-refractivity contribution in [1.82, 2.24) is 14.8 Å². The van der Waals surface area contributed by atoms with Crippen LogP contribution in [0.25, 0.3) is 11.1 Å². The zero-order valence-corrected chi connectivity index (χ0v) is 17.3. The van der Waals surface area contributed by atoms with E-state index in [2.05, 4.69) is 34.3 Å². The molecule has 4 rings (SSSR count). The average molecular weight is 409 g/mol. The number of rotatable bonds is 6. The smallest absolute Gasteiger partial charge is 0.407 e. The van der Waals surface area contributed by atoms with Crippen molar-refractivity contribution in [3.8, 4) is 0 Å². The summed E-state index contributed by atoms with van der Waals surface area (Å²) in [5.74, 6) is -0.651. The second-order valence-corrected chi connectivity index (χ2v) is 7.82. The lowest BCUT2D eigenvalue weighted by Gasteiger charge is -2.33. The van der Waals surface area contributed by atoms with Crippen LogP contribution < -0.4 is 16.0 Å². The molecular weight excluding hydrogens is 380 g/mol. The van der Waals surface area contributed by atoms with Gasteiger partial charge in [-0.3, -0.25) is 0 Å². The zero-order chi connectivity index (χ0) is 20.9. The molecule has 0 atom stereocenters. The van der Waals surface area contributed by atoms with Crippen LogP contribution in [0.15, 0.2) is 57.7 Å². The minimum atomic E-state index is -0.651. The van der Waals surface area contributed by atoms with Gasteiger partial charge in [-0.1, -0.05) is 30.3 Å². The fourth-order valence-corrected chi connectivity index (χ4v) is 3.83. The molecule has 7 heteroatoms. The van der Waals surface area contributed by atoms with E-state index in [0.29, 0.717) is 17.6 Å². The van der Waals surface area contributed by atoms with Crippen LogP contribution in [-0.4, -0.2) is 55.3 Å². The number of nitrogens with one attached hydrogen (secondary N) is 1. The Kier molecular flexibility index (Phi) is 6.18. The summed E-state index contributed by atoms with van der Waals surface area (Å²) in [6.07, 6.45) is 2.79. The third kappa shape index (κ3) is 4.57. The number of anilines is 1. The van der Waals surface area contributed by atoms with Gasteiger partial charge in [-0.15, -0.1) is 0 Å². The van der Waals surface area contributed by atoms with Crippen molar-refractivity contribution in [1.29, 1.82) is 0 Å². The third-order valence-corrected chi connectivity index (χ3v) is 5.65. The lowest BCUT2D eigenvalue weighted by Crippen LogP contribution is -2.44. The first-order valence-corrected chi connectivity index (χ1v) is 10.5. The van der Waals surface area contributed by atoms with Gasteiger partial charge in [-0.2, -0.15) is 4.57 Å². The number of likely N-dealkylation sites (N-methyl/N-ethyl adjacent to an activating group) is 1. The number of amides is 1. The molecule has 1 fully saturated rings.